The van der Waals surface area contributed by atoms with Crippen LogP contribution < -0.4 is 10.5 Å². The first-order valence-corrected chi connectivity index (χ1v) is 5.23. The van der Waals surface area contributed by atoms with Gasteiger partial charge < -0.3 is 10.5 Å². The van der Waals surface area contributed by atoms with Crippen LogP contribution in [0.25, 0.3) is 11.4 Å². The predicted octanol–water partition coefficient (Wildman–Crippen LogP) is 1.75. The van der Waals surface area contributed by atoms with E-state index in [9.17, 15) is 0 Å². The molecule has 1 aromatic carbocycles. The Labute approximate surface area is 99.7 Å². The van der Waals surface area contributed by atoms with Crippen molar-refractivity contribution in [3.05, 3.63) is 29.6 Å². The molecule has 88 valence electrons. The molecule has 0 atom stereocenters. The molecule has 2 N–H and O–H groups in total. The molecule has 5 heteroatoms. The van der Waals surface area contributed by atoms with Crippen molar-refractivity contribution in [3.63, 3.8) is 0 Å². The van der Waals surface area contributed by atoms with Gasteiger partial charge >= 0.3 is 0 Å². The number of rotatable bonds is 2. The quantitative estimate of drug-likeness (QED) is 0.850. The molecule has 2 rings (SSSR count). The fourth-order valence-electron chi connectivity index (χ4n) is 1.62. The lowest BCUT2D eigenvalue weighted by atomic mass is 10.1. The van der Waals surface area contributed by atoms with Crippen LogP contribution in [0.4, 0.5) is 5.95 Å². The number of aromatic nitrogens is 3. The Morgan fingerprint density at radius 3 is 2.53 bits per heavy atom. The van der Waals surface area contributed by atoms with Crippen molar-refractivity contribution in [2.24, 2.45) is 0 Å². The van der Waals surface area contributed by atoms with Crippen molar-refractivity contribution in [3.8, 4) is 17.1 Å². The highest BCUT2D eigenvalue weighted by atomic mass is 16.5. The molecule has 5 nitrogen and oxygen atoms in total. The first kappa shape index (κ1) is 11.3. The van der Waals surface area contributed by atoms with Crippen LogP contribution in [-0.2, 0) is 0 Å². The molecule has 0 spiro atoms. The Bertz CT molecular complexity index is 534. The Morgan fingerprint density at radius 1 is 1.12 bits per heavy atom. The van der Waals surface area contributed by atoms with Crippen LogP contribution in [0.15, 0.2) is 18.2 Å². The zero-order valence-electron chi connectivity index (χ0n) is 10.1. The molecule has 1 heterocycles. The van der Waals surface area contributed by atoms with Gasteiger partial charge in [0.05, 0.1) is 12.7 Å². The molecular formula is C12H14N4O. The molecule has 17 heavy (non-hydrogen) atoms. The van der Waals surface area contributed by atoms with E-state index in [-0.39, 0.29) is 5.95 Å². The normalized spacial score (nSPS) is 10.3. The smallest absolute Gasteiger partial charge is 0.223 e. The van der Waals surface area contributed by atoms with Crippen LogP contribution in [0.2, 0.25) is 0 Å². The van der Waals surface area contributed by atoms with Gasteiger partial charge in [0.2, 0.25) is 5.95 Å². The Kier molecular flexibility index (Phi) is 2.91. The third-order valence-electron chi connectivity index (χ3n) is 2.36. The van der Waals surface area contributed by atoms with E-state index in [0.29, 0.717) is 11.6 Å². The van der Waals surface area contributed by atoms with Gasteiger partial charge in [0.15, 0.2) is 5.82 Å². The molecule has 0 fully saturated rings. The summed E-state index contributed by atoms with van der Waals surface area (Å²) in [6.07, 6.45) is 0. The summed E-state index contributed by atoms with van der Waals surface area (Å²) in [5, 5.41) is 0. The second kappa shape index (κ2) is 4.37. The van der Waals surface area contributed by atoms with Crippen LogP contribution in [0.1, 0.15) is 11.4 Å². The van der Waals surface area contributed by atoms with Crippen molar-refractivity contribution in [2.75, 3.05) is 12.8 Å². The van der Waals surface area contributed by atoms with Gasteiger partial charge in [-0.15, -0.1) is 0 Å². The molecule has 1 aromatic heterocycles. The summed E-state index contributed by atoms with van der Waals surface area (Å²) in [4.78, 5) is 12.4. The molecular weight excluding hydrogens is 216 g/mol. The minimum atomic E-state index is 0.219. The van der Waals surface area contributed by atoms with E-state index in [1.807, 2.05) is 25.1 Å². The molecule has 0 aliphatic carbocycles. The van der Waals surface area contributed by atoms with Crippen LogP contribution in [0, 0.1) is 13.8 Å². The van der Waals surface area contributed by atoms with Crippen molar-refractivity contribution < 1.29 is 4.74 Å². The topological polar surface area (TPSA) is 73.9 Å². The van der Waals surface area contributed by atoms with Crippen molar-refractivity contribution >= 4 is 5.95 Å². The van der Waals surface area contributed by atoms with E-state index >= 15 is 0 Å². The summed E-state index contributed by atoms with van der Waals surface area (Å²) in [5.41, 5.74) is 7.56. The number of hydrogen-bond donors (Lipinski definition) is 1. The highest BCUT2D eigenvalue weighted by Gasteiger charge is 2.10. The first-order chi connectivity index (χ1) is 8.10. The monoisotopic (exact) mass is 230 g/mol. The predicted molar refractivity (Wildman–Crippen MR) is 65.7 cm³/mol. The number of nitrogen functional groups attached to an aromatic ring is 1. The standard InChI is InChI=1S/C12H14N4O/c1-7-4-5-10(17-3)9(6-7)11-14-8(2)15-12(13)16-11/h4-6H,1-3H3,(H2,13,14,15,16). The minimum Gasteiger partial charge on any atom is -0.496 e. The third kappa shape index (κ3) is 2.33. The molecule has 0 aliphatic heterocycles. The zero-order valence-corrected chi connectivity index (χ0v) is 10.1. The van der Waals surface area contributed by atoms with Crippen molar-refractivity contribution in [2.45, 2.75) is 13.8 Å². The van der Waals surface area contributed by atoms with Gasteiger partial charge in [-0.3, -0.25) is 0 Å². The first-order valence-electron chi connectivity index (χ1n) is 5.23. The Balaban J connectivity index is 2.62. The molecule has 0 unspecified atom stereocenters. The Morgan fingerprint density at radius 2 is 1.88 bits per heavy atom. The van der Waals surface area contributed by atoms with Gasteiger partial charge in [0.1, 0.15) is 11.6 Å². The largest absolute Gasteiger partial charge is 0.496 e. The average molecular weight is 230 g/mol. The van der Waals surface area contributed by atoms with Crippen molar-refractivity contribution in [1.82, 2.24) is 15.0 Å². The van der Waals surface area contributed by atoms with Gasteiger partial charge in [0.25, 0.3) is 0 Å². The SMILES string of the molecule is COc1ccc(C)cc1-c1nc(C)nc(N)n1. The van der Waals surface area contributed by atoms with E-state index in [1.165, 1.54) is 0 Å². The summed E-state index contributed by atoms with van der Waals surface area (Å²) < 4.78 is 5.29. The van der Waals surface area contributed by atoms with E-state index in [2.05, 4.69) is 15.0 Å². The van der Waals surface area contributed by atoms with Gasteiger partial charge in [-0.25, -0.2) is 4.98 Å². The lowest BCUT2D eigenvalue weighted by Crippen LogP contribution is -2.03. The summed E-state index contributed by atoms with van der Waals surface area (Å²) in [6.45, 7) is 3.78. The number of anilines is 1. The molecule has 0 saturated carbocycles. The maximum absolute atomic E-state index is 5.62. The van der Waals surface area contributed by atoms with Crippen LogP contribution in [-0.4, -0.2) is 22.1 Å². The fourth-order valence-corrected chi connectivity index (χ4v) is 1.62. The fraction of sp³-hybridized carbons (Fsp3) is 0.250. The molecule has 2 aromatic rings. The molecule has 0 radical (unpaired) electrons. The number of ether oxygens (including phenoxy) is 1. The maximum Gasteiger partial charge on any atom is 0.223 e. The summed E-state index contributed by atoms with van der Waals surface area (Å²) in [6, 6.07) is 5.83. The highest BCUT2D eigenvalue weighted by Crippen LogP contribution is 2.28. The lowest BCUT2D eigenvalue weighted by Gasteiger charge is -2.08. The maximum atomic E-state index is 5.62. The van der Waals surface area contributed by atoms with Crippen molar-refractivity contribution in [1.29, 1.82) is 0 Å². The molecule has 0 amide bonds. The van der Waals surface area contributed by atoms with Crippen LogP contribution in [0.5, 0.6) is 5.75 Å². The average Bonchev–Trinajstić information content (AvgIpc) is 2.27. The van der Waals surface area contributed by atoms with Crippen LogP contribution >= 0.6 is 0 Å². The number of nitrogens with two attached hydrogens (primary N) is 1. The van der Waals surface area contributed by atoms with Gasteiger partial charge in [-0.05, 0) is 26.0 Å². The van der Waals surface area contributed by atoms with E-state index < -0.39 is 0 Å². The van der Waals surface area contributed by atoms with Gasteiger partial charge in [-0.1, -0.05) is 11.6 Å². The molecule has 0 aliphatic rings. The Hall–Kier alpha value is -2.17. The zero-order chi connectivity index (χ0) is 12.4. The summed E-state index contributed by atoms with van der Waals surface area (Å²) >= 11 is 0. The summed E-state index contributed by atoms with van der Waals surface area (Å²) in [7, 11) is 1.62. The number of hydrogen-bond acceptors (Lipinski definition) is 5. The minimum absolute atomic E-state index is 0.219. The lowest BCUT2D eigenvalue weighted by molar-refractivity contribution is 0.416. The number of benzene rings is 1. The second-order valence-electron chi connectivity index (χ2n) is 3.77. The number of aryl methyl sites for hydroxylation is 2. The van der Waals surface area contributed by atoms with E-state index in [4.69, 9.17) is 10.5 Å². The van der Waals surface area contributed by atoms with Gasteiger partial charge in [0, 0.05) is 0 Å². The third-order valence-corrected chi connectivity index (χ3v) is 2.36. The second-order valence-corrected chi connectivity index (χ2v) is 3.77. The number of nitrogens with zero attached hydrogens (tertiary/aromatic N) is 3. The van der Waals surface area contributed by atoms with Crippen LogP contribution in [0.3, 0.4) is 0 Å². The number of methoxy groups -OCH3 is 1. The van der Waals surface area contributed by atoms with Gasteiger partial charge in [-0.2, -0.15) is 9.97 Å². The highest BCUT2D eigenvalue weighted by molar-refractivity contribution is 5.65. The van der Waals surface area contributed by atoms with E-state index in [0.717, 1.165) is 16.9 Å². The molecule has 0 bridgehead atoms. The van der Waals surface area contributed by atoms with E-state index in [1.54, 1.807) is 14.0 Å². The molecule has 0 saturated heterocycles. The summed E-state index contributed by atoms with van der Waals surface area (Å²) in [5.74, 6) is 2.07.